The van der Waals surface area contributed by atoms with Crippen LogP contribution in [0.15, 0.2) is 30.3 Å². The van der Waals surface area contributed by atoms with Gasteiger partial charge in [0.1, 0.15) is 0 Å². The molecule has 2 aromatic carbocycles. The van der Waals surface area contributed by atoms with Crippen molar-refractivity contribution < 1.29 is 0 Å². The molecule has 0 atom stereocenters. The van der Waals surface area contributed by atoms with Gasteiger partial charge < -0.3 is 11.1 Å². The summed E-state index contributed by atoms with van der Waals surface area (Å²) in [5.74, 6) is 0. The van der Waals surface area contributed by atoms with Crippen molar-refractivity contribution in [3.05, 3.63) is 46.5 Å². The van der Waals surface area contributed by atoms with E-state index in [9.17, 15) is 0 Å². The summed E-state index contributed by atoms with van der Waals surface area (Å²) in [6, 6.07) is 10.4. The highest BCUT2D eigenvalue weighted by Gasteiger charge is 2.07. The number of hydrogen-bond acceptors (Lipinski definition) is 4. The number of aromatic nitrogens is 1. The SMILES string of the molecule is Cc1ccc(C)c(Nc2cc3nc(C)sc3cc2N)c1. The first-order chi connectivity index (χ1) is 9.52. The molecule has 3 aromatic rings. The standard InChI is InChI=1S/C16H17N3S/c1-9-4-5-10(2)13(6-9)19-14-8-15-16(7-12(14)17)20-11(3)18-15/h4-8,19H,17H2,1-3H3. The van der Waals surface area contributed by atoms with E-state index in [0.29, 0.717) is 0 Å². The number of benzene rings is 2. The first-order valence-corrected chi connectivity index (χ1v) is 7.35. The minimum atomic E-state index is 0.752. The topological polar surface area (TPSA) is 50.9 Å². The Balaban J connectivity index is 2.05. The van der Waals surface area contributed by atoms with Crippen LogP contribution in [0, 0.1) is 20.8 Å². The number of rotatable bonds is 2. The summed E-state index contributed by atoms with van der Waals surface area (Å²) in [4.78, 5) is 4.52. The number of aryl methyl sites for hydroxylation is 3. The number of nitrogens with two attached hydrogens (primary N) is 1. The summed E-state index contributed by atoms with van der Waals surface area (Å²) >= 11 is 1.67. The summed E-state index contributed by atoms with van der Waals surface area (Å²) < 4.78 is 1.13. The van der Waals surface area contributed by atoms with Crippen molar-refractivity contribution in [2.24, 2.45) is 0 Å². The van der Waals surface area contributed by atoms with Gasteiger partial charge in [-0.05, 0) is 50.1 Å². The molecule has 0 radical (unpaired) electrons. The lowest BCUT2D eigenvalue weighted by molar-refractivity contribution is 1.34. The third kappa shape index (κ3) is 2.34. The lowest BCUT2D eigenvalue weighted by Crippen LogP contribution is -1.98. The molecule has 0 spiro atoms. The predicted octanol–water partition coefficient (Wildman–Crippen LogP) is 4.55. The molecular weight excluding hydrogens is 266 g/mol. The molecule has 0 saturated carbocycles. The van der Waals surface area contributed by atoms with E-state index in [0.717, 1.165) is 32.3 Å². The summed E-state index contributed by atoms with van der Waals surface area (Å²) in [5.41, 5.74) is 12.3. The van der Waals surface area contributed by atoms with Crippen molar-refractivity contribution in [3.8, 4) is 0 Å². The summed E-state index contributed by atoms with van der Waals surface area (Å²) in [6.45, 7) is 6.18. The molecule has 102 valence electrons. The van der Waals surface area contributed by atoms with Crippen molar-refractivity contribution in [1.29, 1.82) is 0 Å². The van der Waals surface area contributed by atoms with Gasteiger partial charge in [0.05, 0.1) is 26.6 Å². The van der Waals surface area contributed by atoms with E-state index in [4.69, 9.17) is 5.73 Å². The van der Waals surface area contributed by atoms with Gasteiger partial charge in [0, 0.05) is 5.69 Å². The molecule has 4 heteroatoms. The van der Waals surface area contributed by atoms with Gasteiger partial charge >= 0.3 is 0 Å². The lowest BCUT2D eigenvalue weighted by atomic mass is 10.1. The fraction of sp³-hybridized carbons (Fsp3) is 0.188. The zero-order valence-corrected chi connectivity index (χ0v) is 12.6. The first-order valence-electron chi connectivity index (χ1n) is 6.54. The van der Waals surface area contributed by atoms with Crippen molar-refractivity contribution in [1.82, 2.24) is 4.98 Å². The number of fused-ring (bicyclic) bond motifs is 1. The lowest BCUT2D eigenvalue weighted by Gasteiger charge is -2.12. The zero-order valence-electron chi connectivity index (χ0n) is 11.8. The summed E-state index contributed by atoms with van der Waals surface area (Å²) in [6.07, 6.45) is 0. The van der Waals surface area contributed by atoms with Gasteiger partial charge in [0.15, 0.2) is 0 Å². The Morgan fingerprint density at radius 2 is 1.85 bits per heavy atom. The quantitative estimate of drug-likeness (QED) is 0.678. The van der Waals surface area contributed by atoms with Gasteiger partial charge in [-0.2, -0.15) is 0 Å². The highest BCUT2D eigenvalue weighted by atomic mass is 32.1. The molecule has 0 aliphatic heterocycles. The van der Waals surface area contributed by atoms with Crippen LogP contribution in [0.25, 0.3) is 10.2 Å². The monoisotopic (exact) mass is 283 g/mol. The molecule has 0 saturated heterocycles. The van der Waals surface area contributed by atoms with Crippen LogP contribution in [0.1, 0.15) is 16.1 Å². The van der Waals surface area contributed by atoms with E-state index in [1.165, 1.54) is 11.1 Å². The normalized spacial score (nSPS) is 10.9. The molecule has 20 heavy (non-hydrogen) atoms. The van der Waals surface area contributed by atoms with Crippen LogP contribution < -0.4 is 11.1 Å². The average molecular weight is 283 g/mol. The Kier molecular flexibility index (Phi) is 3.10. The summed E-state index contributed by atoms with van der Waals surface area (Å²) in [7, 11) is 0. The maximum Gasteiger partial charge on any atom is 0.0907 e. The second-order valence-electron chi connectivity index (χ2n) is 5.08. The first kappa shape index (κ1) is 12.9. The van der Waals surface area contributed by atoms with Crippen molar-refractivity contribution in [2.75, 3.05) is 11.1 Å². The zero-order chi connectivity index (χ0) is 14.3. The molecule has 0 fully saturated rings. The largest absolute Gasteiger partial charge is 0.397 e. The van der Waals surface area contributed by atoms with E-state index in [1.54, 1.807) is 11.3 Å². The maximum absolute atomic E-state index is 6.15. The molecule has 0 aliphatic carbocycles. The minimum absolute atomic E-state index is 0.752. The molecular formula is C16H17N3S. The highest BCUT2D eigenvalue weighted by Crippen LogP contribution is 2.32. The third-order valence-electron chi connectivity index (χ3n) is 3.33. The van der Waals surface area contributed by atoms with E-state index >= 15 is 0 Å². The molecule has 3 rings (SSSR count). The maximum atomic E-state index is 6.15. The van der Waals surface area contributed by atoms with Gasteiger partial charge in [0.25, 0.3) is 0 Å². The third-order valence-corrected chi connectivity index (χ3v) is 4.26. The highest BCUT2D eigenvalue weighted by molar-refractivity contribution is 7.18. The van der Waals surface area contributed by atoms with Crippen LogP contribution in [-0.4, -0.2) is 4.98 Å². The number of hydrogen-bond donors (Lipinski definition) is 2. The number of nitrogens with zero attached hydrogens (tertiary/aromatic N) is 1. The second kappa shape index (κ2) is 4.80. The molecule has 3 N–H and O–H groups in total. The Labute approximate surface area is 122 Å². The van der Waals surface area contributed by atoms with Crippen LogP contribution in [0.4, 0.5) is 17.1 Å². The van der Waals surface area contributed by atoms with Gasteiger partial charge in [-0.25, -0.2) is 4.98 Å². The van der Waals surface area contributed by atoms with Crippen LogP contribution in [0.5, 0.6) is 0 Å². The smallest absolute Gasteiger partial charge is 0.0907 e. The molecule has 0 amide bonds. The van der Waals surface area contributed by atoms with E-state index in [2.05, 4.69) is 42.3 Å². The second-order valence-corrected chi connectivity index (χ2v) is 6.32. The van der Waals surface area contributed by atoms with Gasteiger partial charge in [-0.15, -0.1) is 11.3 Å². The molecule has 1 aromatic heterocycles. The fourth-order valence-electron chi connectivity index (χ4n) is 2.23. The molecule has 0 aliphatic rings. The van der Waals surface area contributed by atoms with Crippen molar-refractivity contribution in [3.63, 3.8) is 0 Å². The Morgan fingerprint density at radius 1 is 1.05 bits per heavy atom. The molecule has 0 bridgehead atoms. The number of thiazole rings is 1. The fourth-order valence-corrected chi connectivity index (χ4v) is 3.09. The summed E-state index contributed by atoms with van der Waals surface area (Å²) in [5, 5.41) is 4.48. The molecule has 3 nitrogen and oxygen atoms in total. The predicted molar refractivity (Wildman–Crippen MR) is 88.0 cm³/mol. The number of nitrogen functional groups attached to an aromatic ring is 1. The Hall–Kier alpha value is -2.07. The Bertz CT molecular complexity index is 790. The average Bonchev–Trinajstić information content (AvgIpc) is 2.73. The van der Waals surface area contributed by atoms with Gasteiger partial charge in [-0.3, -0.25) is 0 Å². The van der Waals surface area contributed by atoms with Gasteiger partial charge in [0.2, 0.25) is 0 Å². The van der Waals surface area contributed by atoms with E-state index in [1.807, 2.05) is 19.1 Å². The minimum Gasteiger partial charge on any atom is -0.397 e. The van der Waals surface area contributed by atoms with E-state index < -0.39 is 0 Å². The van der Waals surface area contributed by atoms with Crippen LogP contribution >= 0.6 is 11.3 Å². The van der Waals surface area contributed by atoms with E-state index in [-0.39, 0.29) is 0 Å². The number of anilines is 3. The van der Waals surface area contributed by atoms with Crippen LogP contribution in [-0.2, 0) is 0 Å². The number of nitrogens with one attached hydrogen (secondary N) is 1. The van der Waals surface area contributed by atoms with Crippen molar-refractivity contribution in [2.45, 2.75) is 20.8 Å². The van der Waals surface area contributed by atoms with Crippen molar-refractivity contribution >= 4 is 38.6 Å². The molecule has 0 unspecified atom stereocenters. The Morgan fingerprint density at radius 3 is 2.65 bits per heavy atom. The van der Waals surface area contributed by atoms with Crippen LogP contribution in [0.2, 0.25) is 0 Å². The van der Waals surface area contributed by atoms with Gasteiger partial charge in [-0.1, -0.05) is 12.1 Å². The van der Waals surface area contributed by atoms with Crippen LogP contribution in [0.3, 0.4) is 0 Å². The molecule has 1 heterocycles.